The normalized spacial score (nSPS) is 41.9. The zero-order valence-electron chi connectivity index (χ0n) is 5.86. The highest BCUT2D eigenvalue weighted by Gasteiger charge is 2.38. The first kappa shape index (κ1) is 8.35. The quantitative estimate of drug-likeness (QED) is 0.524. The van der Waals surface area contributed by atoms with E-state index in [0.717, 1.165) is 19.3 Å². The van der Waals surface area contributed by atoms with E-state index >= 15 is 0 Å². The van der Waals surface area contributed by atoms with Gasteiger partial charge in [0.2, 0.25) is 0 Å². The van der Waals surface area contributed by atoms with Crippen molar-refractivity contribution in [3.8, 4) is 0 Å². The van der Waals surface area contributed by atoms with Crippen molar-refractivity contribution in [1.29, 1.82) is 0 Å². The number of alkyl halides is 2. The number of hydrogen-bond acceptors (Lipinski definition) is 1. The lowest BCUT2D eigenvalue weighted by atomic mass is 9.88. The minimum absolute atomic E-state index is 0.0120. The van der Waals surface area contributed by atoms with Crippen LogP contribution in [0.3, 0.4) is 0 Å². The number of halogens is 2. The minimum Gasteiger partial charge on any atom is -0.296 e. The highest BCUT2D eigenvalue weighted by Crippen LogP contribution is 2.32. The summed E-state index contributed by atoms with van der Waals surface area (Å²) in [7, 11) is 0. The van der Waals surface area contributed by atoms with Crippen LogP contribution in [0.5, 0.6) is 0 Å². The van der Waals surface area contributed by atoms with Gasteiger partial charge in [0, 0.05) is 0 Å². The van der Waals surface area contributed by atoms with Crippen LogP contribution in [0.4, 0.5) is 0 Å². The highest BCUT2D eigenvalue weighted by atomic mass is 35.5. The molecule has 1 saturated carbocycles. The van der Waals surface area contributed by atoms with Gasteiger partial charge in [-0.3, -0.25) is 4.79 Å². The summed E-state index contributed by atoms with van der Waals surface area (Å²) >= 11 is 11.6. The summed E-state index contributed by atoms with van der Waals surface area (Å²) in [6, 6.07) is 0. The predicted molar refractivity (Wildman–Crippen MR) is 42.8 cm³/mol. The Morgan fingerprint density at radius 2 is 2.30 bits per heavy atom. The lowest BCUT2D eigenvalue weighted by Gasteiger charge is -2.28. The first-order valence-electron chi connectivity index (χ1n) is 3.41. The summed E-state index contributed by atoms with van der Waals surface area (Å²) in [5.41, 5.74) is 0. The van der Waals surface area contributed by atoms with Gasteiger partial charge in [0.05, 0.1) is 5.38 Å². The van der Waals surface area contributed by atoms with E-state index in [9.17, 15) is 4.79 Å². The maximum atomic E-state index is 11.2. The average molecular weight is 181 g/mol. The summed E-state index contributed by atoms with van der Waals surface area (Å²) < 4.78 is 0. The largest absolute Gasteiger partial charge is 0.296 e. The van der Waals surface area contributed by atoms with E-state index in [1.54, 1.807) is 6.92 Å². The smallest absolute Gasteiger partial charge is 0.171 e. The van der Waals surface area contributed by atoms with Crippen molar-refractivity contribution in [2.45, 2.75) is 36.4 Å². The molecule has 0 radical (unpaired) electrons. The summed E-state index contributed by atoms with van der Waals surface area (Å²) in [5, 5.41) is -0.351. The Labute approximate surface area is 70.7 Å². The third kappa shape index (κ3) is 1.46. The fourth-order valence-corrected chi connectivity index (χ4v) is 1.91. The third-order valence-electron chi connectivity index (χ3n) is 1.90. The number of Topliss-reactive ketones (excluding diaryl/α,β-unsaturated/α-hetero) is 1. The Hall–Kier alpha value is 0.250. The van der Waals surface area contributed by atoms with Gasteiger partial charge in [-0.05, 0) is 26.2 Å². The third-order valence-corrected chi connectivity index (χ3v) is 2.69. The molecule has 1 aliphatic rings. The molecule has 2 atom stereocenters. The van der Waals surface area contributed by atoms with Crippen LogP contribution in [0, 0.1) is 0 Å². The van der Waals surface area contributed by atoms with Crippen molar-refractivity contribution in [3.63, 3.8) is 0 Å². The highest BCUT2D eigenvalue weighted by molar-refractivity contribution is 6.42. The summed E-state index contributed by atoms with van der Waals surface area (Å²) in [6.07, 6.45) is 2.50. The first-order valence-corrected chi connectivity index (χ1v) is 4.23. The molecule has 0 saturated heterocycles. The van der Waals surface area contributed by atoms with E-state index < -0.39 is 4.87 Å². The molecule has 0 aromatic rings. The topological polar surface area (TPSA) is 17.1 Å². The molecular weight excluding hydrogens is 171 g/mol. The summed E-state index contributed by atoms with van der Waals surface area (Å²) in [4.78, 5) is 10.5. The molecule has 0 aliphatic heterocycles. The maximum Gasteiger partial charge on any atom is 0.171 e. The first-order chi connectivity index (χ1) is 4.54. The lowest BCUT2D eigenvalue weighted by molar-refractivity contribution is -0.122. The Balaban J connectivity index is 2.70. The van der Waals surface area contributed by atoms with Crippen molar-refractivity contribution >= 4 is 29.0 Å². The van der Waals surface area contributed by atoms with Crippen LogP contribution in [0.1, 0.15) is 26.2 Å². The number of ketones is 1. The predicted octanol–water partition coefficient (Wildman–Crippen LogP) is 2.34. The lowest BCUT2D eigenvalue weighted by Crippen LogP contribution is -2.39. The van der Waals surface area contributed by atoms with Gasteiger partial charge >= 0.3 is 0 Å². The van der Waals surface area contributed by atoms with Crippen molar-refractivity contribution in [3.05, 3.63) is 0 Å². The number of carbonyl (C=O) groups is 1. The molecule has 0 aromatic heterocycles. The molecule has 1 fully saturated rings. The van der Waals surface area contributed by atoms with Crippen LogP contribution >= 0.6 is 23.2 Å². The van der Waals surface area contributed by atoms with Crippen molar-refractivity contribution in [1.82, 2.24) is 0 Å². The molecule has 0 aromatic carbocycles. The van der Waals surface area contributed by atoms with Gasteiger partial charge in [0.15, 0.2) is 5.78 Å². The van der Waals surface area contributed by atoms with Crippen molar-refractivity contribution < 1.29 is 4.79 Å². The van der Waals surface area contributed by atoms with Crippen LogP contribution < -0.4 is 0 Å². The molecule has 58 valence electrons. The van der Waals surface area contributed by atoms with Crippen molar-refractivity contribution in [2.24, 2.45) is 0 Å². The molecule has 0 bridgehead atoms. The number of rotatable bonds is 0. The fraction of sp³-hybridized carbons (Fsp3) is 0.857. The molecule has 0 heterocycles. The molecular formula is C7H10Cl2O. The van der Waals surface area contributed by atoms with Crippen LogP contribution in [0.2, 0.25) is 0 Å². The second-order valence-corrected chi connectivity index (χ2v) is 4.28. The second-order valence-electron chi connectivity index (χ2n) is 2.92. The second kappa shape index (κ2) is 2.71. The van der Waals surface area contributed by atoms with Gasteiger partial charge in [0.1, 0.15) is 4.87 Å². The average Bonchev–Trinajstić information content (AvgIpc) is 1.83. The summed E-state index contributed by atoms with van der Waals surface area (Å²) in [5.74, 6) is -0.0120. The van der Waals surface area contributed by atoms with Gasteiger partial charge < -0.3 is 0 Å². The van der Waals surface area contributed by atoms with Gasteiger partial charge in [-0.2, -0.15) is 0 Å². The van der Waals surface area contributed by atoms with Gasteiger partial charge in [-0.15, -0.1) is 23.2 Å². The van der Waals surface area contributed by atoms with E-state index in [2.05, 4.69) is 0 Å². The van der Waals surface area contributed by atoms with E-state index in [1.165, 1.54) is 0 Å². The Bertz CT molecular complexity index is 154. The van der Waals surface area contributed by atoms with Crippen LogP contribution in [0.25, 0.3) is 0 Å². The standard InChI is InChI=1S/C7H10Cl2O/c1-7(9)4-2-3-5(8)6(7)10/h5H,2-4H2,1H3. The molecule has 0 spiro atoms. The zero-order chi connectivity index (χ0) is 7.78. The molecule has 1 nitrogen and oxygen atoms in total. The molecule has 3 heteroatoms. The van der Waals surface area contributed by atoms with E-state index in [4.69, 9.17) is 23.2 Å². The molecule has 0 amide bonds. The monoisotopic (exact) mass is 180 g/mol. The van der Waals surface area contributed by atoms with Crippen LogP contribution in [0.15, 0.2) is 0 Å². The SMILES string of the molecule is CC1(Cl)CCCC(Cl)C1=O. The molecule has 1 aliphatic carbocycles. The minimum atomic E-state index is -0.690. The molecule has 1 rings (SSSR count). The van der Waals surface area contributed by atoms with E-state index in [1.807, 2.05) is 0 Å². The van der Waals surface area contributed by atoms with Gasteiger partial charge in [-0.25, -0.2) is 0 Å². The molecule has 10 heavy (non-hydrogen) atoms. The van der Waals surface area contributed by atoms with Gasteiger partial charge in [0.25, 0.3) is 0 Å². The number of carbonyl (C=O) groups excluding carboxylic acids is 1. The van der Waals surface area contributed by atoms with Crippen LogP contribution in [-0.4, -0.2) is 16.0 Å². The van der Waals surface area contributed by atoms with Crippen molar-refractivity contribution in [2.75, 3.05) is 0 Å². The van der Waals surface area contributed by atoms with E-state index in [-0.39, 0.29) is 11.2 Å². The summed E-state index contributed by atoms with van der Waals surface area (Å²) in [6.45, 7) is 1.74. The Morgan fingerprint density at radius 1 is 1.70 bits per heavy atom. The Morgan fingerprint density at radius 3 is 2.70 bits per heavy atom. The molecule has 0 N–H and O–H groups in total. The zero-order valence-corrected chi connectivity index (χ0v) is 7.37. The molecule has 2 unspecified atom stereocenters. The maximum absolute atomic E-state index is 11.2. The van der Waals surface area contributed by atoms with Gasteiger partial charge in [-0.1, -0.05) is 0 Å². The van der Waals surface area contributed by atoms with E-state index in [0.29, 0.717) is 0 Å². The Kier molecular flexibility index (Phi) is 2.26. The number of hydrogen-bond donors (Lipinski definition) is 0. The fourth-order valence-electron chi connectivity index (χ4n) is 1.19. The van der Waals surface area contributed by atoms with Crippen LogP contribution in [-0.2, 0) is 4.79 Å².